The molecule has 0 saturated heterocycles. The minimum atomic E-state index is -0.177. The number of ether oxygens (including phenoxy) is 1. The van der Waals surface area contributed by atoms with Gasteiger partial charge in [0.25, 0.3) is 0 Å². The first-order chi connectivity index (χ1) is 7.72. The van der Waals surface area contributed by atoms with E-state index >= 15 is 0 Å². The molecular formula is C13H13ClO2. The summed E-state index contributed by atoms with van der Waals surface area (Å²) in [6, 6.07) is 7.80. The lowest BCUT2D eigenvalue weighted by Gasteiger charge is -2.10. The Morgan fingerprint density at radius 1 is 1.25 bits per heavy atom. The van der Waals surface area contributed by atoms with Crippen LogP contribution in [-0.2, 0) is 0 Å². The summed E-state index contributed by atoms with van der Waals surface area (Å²) in [5.74, 6) is 0.875. The van der Waals surface area contributed by atoms with E-state index in [1.807, 2.05) is 31.2 Å². The number of benzene rings is 1. The minimum absolute atomic E-state index is 0.177. The number of rotatable bonds is 3. The highest BCUT2D eigenvalue weighted by Crippen LogP contribution is 2.31. The molecule has 1 unspecified atom stereocenters. The summed E-state index contributed by atoms with van der Waals surface area (Å²) in [4.78, 5) is 0. The third-order valence-electron chi connectivity index (χ3n) is 2.55. The Morgan fingerprint density at radius 2 is 2.06 bits per heavy atom. The highest BCUT2D eigenvalue weighted by atomic mass is 35.5. The second kappa shape index (κ2) is 4.62. The highest BCUT2D eigenvalue weighted by molar-refractivity contribution is 6.22. The number of halogens is 1. The predicted octanol–water partition coefficient (Wildman–Crippen LogP) is 3.92. The first-order valence-corrected chi connectivity index (χ1v) is 5.46. The molecule has 1 heterocycles. The third kappa shape index (κ3) is 2.07. The summed E-state index contributed by atoms with van der Waals surface area (Å²) >= 11 is 6.34. The van der Waals surface area contributed by atoms with E-state index in [1.165, 1.54) is 0 Å². The molecule has 1 atom stereocenters. The summed E-state index contributed by atoms with van der Waals surface area (Å²) < 4.78 is 10.2. The van der Waals surface area contributed by atoms with E-state index in [-0.39, 0.29) is 5.38 Å². The third-order valence-corrected chi connectivity index (χ3v) is 3.05. The Bertz CT molecular complexity index is 463. The van der Waals surface area contributed by atoms with Gasteiger partial charge in [-0.2, -0.15) is 0 Å². The van der Waals surface area contributed by atoms with Crippen LogP contribution >= 0.6 is 11.6 Å². The zero-order chi connectivity index (χ0) is 11.5. The van der Waals surface area contributed by atoms with Gasteiger partial charge in [0.2, 0.25) is 0 Å². The summed E-state index contributed by atoms with van der Waals surface area (Å²) in [7, 11) is 1.66. The van der Waals surface area contributed by atoms with Gasteiger partial charge in [-0.3, -0.25) is 0 Å². The Hall–Kier alpha value is -1.41. The van der Waals surface area contributed by atoms with E-state index in [4.69, 9.17) is 20.8 Å². The van der Waals surface area contributed by atoms with Crippen molar-refractivity contribution in [1.82, 2.24) is 0 Å². The molecule has 0 aliphatic heterocycles. The molecule has 0 spiro atoms. The van der Waals surface area contributed by atoms with Crippen molar-refractivity contribution >= 4 is 11.6 Å². The molecule has 0 N–H and O–H groups in total. The molecule has 0 radical (unpaired) electrons. The Balaban J connectivity index is 2.31. The first kappa shape index (κ1) is 11.1. The van der Waals surface area contributed by atoms with Crippen molar-refractivity contribution < 1.29 is 9.15 Å². The molecule has 2 nitrogen and oxygen atoms in total. The standard InChI is InChI=1S/C13H13ClO2/c1-9-7-10(3-4-12(9)15-2)13(14)11-5-6-16-8-11/h3-8,13H,1-2H3. The van der Waals surface area contributed by atoms with Gasteiger partial charge < -0.3 is 9.15 Å². The van der Waals surface area contributed by atoms with E-state index in [0.717, 1.165) is 22.4 Å². The summed E-state index contributed by atoms with van der Waals surface area (Å²) in [6.45, 7) is 2.00. The van der Waals surface area contributed by atoms with Crippen molar-refractivity contribution in [2.24, 2.45) is 0 Å². The van der Waals surface area contributed by atoms with Crippen LogP contribution in [0.2, 0.25) is 0 Å². The molecule has 1 aromatic carbocycles. The summed E-state index contributed by atoms with van der Waals surface area (Å²) in [5, 5.41) is -0.177. The predicted molar refractivity (Wildman–Crippen MR) is 64.1 cm³/mol. The lowest BCUT2D eigenvalue weighted by atomic mass is 10.0. The van der Waals surface area contributed by atoms with Gasteiger partial charge >= 0.3 is 0 Å². The van der Waals surface area contributed by atoms with Gasteiger partial charge in [0, 0.05) is 5.56 Å². The molecule has 0 bridgehead atoms. The fourth-order valence-electron chi connectivity index (χ4n) is 1.67. The van der Waals surface area contributed by atoms with E-state index < -0.39 is 0 Å². The molecular weight excluding hydrogens is 224 g/mol. The van der Waals surface area contributed by atoms with Crippen LogP contribution in [0.4, 0.5) is 0 Å². The van der Waals surface area contributed by atoms with Gasteiger partial charge in [-0.25, -0.2) is 0 Å². The number of hydrogen-bond donors (Lipinski definition) is 0. The second-order valence-corrected chi connectivity index (χ2v) is 4.08. The molecule has 0 aliphatic carbocycles. The van der Waals surface area contributed by atoms with Crippen molar-refractivity contribution in [3.8, 4) is 5.75 Å². The van der Waals surface area contributed by atoms with E-state index in [2.05, 4.69) is 0 Å². The molecule has 3 heteroatoms. The number of hydrogen-bond acceptors (Lipinski definition) is 2. The van der Waals surface area contributed by atoms with Crippen LogP contribution in [0.3, 0.4) is 0 Å². The van der Waals surface area contributed by atoms with Crippen molar-refractivity contribution in [2.75, 3.05) is 7.11 Å². The Morgan fingerprint density at radius 3 is 2.62 bits per heavy atom. The van der Waals surface area contributed by atoms with Crippen LogP contribution in [0.25, 0.3) is 0 Å². The lowest BCUT2D eigenvalue weighted by molar-refractivity contribution is 0.411. The molecule has 1 aromatic heterocycles. The molecule has 2 aromatic rings. The normalized spacial score (nSPS) is 12.4. The molecule has 84 valence electrons. The molecule has 2 rings (SSSR count). The molecule has 16 heavy (non-hydrogen) atoms. The quantitative estimate of drug-likeness (QED) is 0.754. The summed E-state index contributed by atoms with van der Waals surface area (Å²) in [6.07, 6.45) is 3.29. The first-order valence-electron chi connectivity index (χ1n) is 5.03. The van der Waals surface area contributed by atoms with Gasteiger partial charge in [0.05, 0.1) is 25.0 Å². The molecule has 0 saturated carbocycles. The SMILES string of the molecule is COc1ccc(C(Cl)c2ccoc2)cc1C. The number of alkyl halides is 1. The fourth-order valence-corrected chi connectivity index (χ4v) is 1.93. The Labute approximate surface area is 99.8 Å². The van der Waals surface area contributed by atoms with Gasteiger partial charge in [0.15, 0.2) is 0 Å². The van der Waals surface area contributed by atoms with Gasteiger partial charge in [-0.1, -0.05) is 12.1 Å². The van der Waals surface area contributed by atoms with Gasteiger partial charge in [-0.05, 0) is 30.2 Å². The van der Waals surface area contributed by atoms with Gasteiger partial charge in [0.1, 0.15) is 5.75 Å². The number of methoxy groups -OCH3 is 1. The van der Waals surface area contributed by atoms with Crippen molar-refractivity contribution in [1.29, 1.82) is 0 Å². The average Bonchev–Trinajstić information content (AvgIpc) is 2.81. The number of furan rings is 1. The number of aryl methyl sites for hydroxylation is 1. The zero-order valence-electron chi connectivity index (χ0n) is 9.24. The van der Waals surface area contributed by atoms with Gasteiger partial charge in [-0.15, -0.1) is 11.6 Å². The van der Waals surface area contributed by atoms with Crippen LogP contribution < -0.4 is 4.74 Å². The van der Waals surface area contributed by atoms with Crippen molar-refractivity contribution in [3.05, 3.63) is 53.5 Å². The smallest absolute Gasteiger partial charge is 0.121 e. The molecule has 0 amide bonds. The fraction of sp³-hybridized carbons (Fsp3) is 0.231. The van der Waals surface area contributed by atoms with Crippen LogP contribution in [0.15, 0.2) is 41.2 Å². The van der Waals surface area contributed by atoms with Crippen molar-refractivity contribution in [2.45, 2.75) is 12.3 Å². The van der Waals surface area contributed by atoms with Crippen LogP contribution in [0.1, 0.15) is 22.1 Å². The van der Waals surface area contributed by atoms with E-state index in [0.29, 0.717) is 0 Å². The Kier molecular flexibility index (Phi) is 3.20. The lowest BCUT2D eigenvalue weighted by Crippen LogP contribution is -1.94. The van der Waals surface area contributed by atoms with E-state index in [1.54, 1.807) is 19.6 Å². The zero-order valence-corrected chi connectivity index (χ0v) is 9.99. The molecule has 0 aliphatic rings. The van der Waals surface area contributed by atoms with Crippen LogP contribution in [0.5, 0.6) is 5.75 Å². The second-order valence-electron chi connectivity index (χ2n) is 3.65. The maximum absolute atomic E-state index is 6.34. The minimum Gasteiger partial charge on any atom is -0.496 e. The monoisotopic (exact) mass is 236 g/mol. The average molecular weight is 237 g/mol. The largest absolute Gasteiger partial charge is 0.496 e. The maximum Gasteiger partial charge on any atom is 0.121 e. The van der Waals surface area contributed by atoms with Crippen molar-refractivity contribution in [3.63, 3.8) is 0 Å². The summed E-state index contributed by atoms with van der Waals surface area (Å²) in [5.41, 5.74) is 3.08. The highest BCUT2D eigenvalue weighted by Gasteiger charge is 2.13. The topological polar surface area (TPSA) is 22.4 Å². The van der Waals surface area contributed by atoms with E-state index in [9.17, 15) is 0 Å². The maximum atomic E-state index is 6.34. The van der Waals surface area contributed by atoms with Crippen LogP contribution in [-0.4, -0.2) is 7.11 Å². The van der Waals surface area contributed by atoms with Crippen LogP contribution in [0, 0.1) is 6.92 Å². The molecule has 0 fully saturated rings.